The summed E-state index contributed by atoms with van der Waals surface area (Å²) < 4.78 is 0. The maximum atomic E-state index is 12.7. The lowest BCUT2D eigenvalue weighted by Crippen LogP contribution is -2.34. The number of hydrogen-bond acceptors (Lipinski definition) is 4. The first-order valence-corrected chi connectivity index (χ1v) is 8.07. The summed E-state index contributed by atoms with van der Waals surface area (Å²) in [6.45, 7) is 7.78. The molecule has 0 spiro atoms. The average molecular weight is 350 g/mol. The Morgan fingerprint density at radius 1 is 1.38 bits per heavy atom. The van der Waals surface area contributed by atoms with Gasteiger partial charge in [-0.2, -0.15) is 5.10 Å². The van der Waals surface area contributed by atoms with Crippen LogP contribution in [0, 0.1) is 12.8 Å². The minimum atomic E-state index is -0.144. The first-order chi connectivity index (χ1) is 11.1. The highest BCUT2D eigenvalue weighted by atomic mass is 35.5. The third-order valence-corrected chi connectivity index (χ3v) is 4.32. The van der Waals surface area contributed by atoms with E-state index in [4.69, 9.17) is 0 Å². The van der Waals surface area contributed by atoms with E-state index in [2.05, 4.69) is 39.7 Å². The summed E-state index contributed by atoms with van der Waals surface area (Å²) >= 11 is 0. The number of H-pyrrole nitrogens is 1. The molecule has 0 bridgehead atoms. The van der Waals surface area contributed by atoms with Crippen molar-refractivity contribution >= 4 is 18.3 Å². The Balaban J connectivity index is 0.00000208. The minimum absolute atomic E-state index is 0. The van der Waals surface area contributed by atoms with Crippen LogP contribution in [0.5, 0.6) is 0 Å². The van der Waals surface area contributed by atoms with Gasteiger partial charge in [-0.1, -0.05) is 19.9 Å². The zero-order chi connectivity index (χ0) is 16.4. The largest absolute Gasteiger partial charge is 0.342 e. The number of nitrogens with zero attached hydrogens (tertiary/aromatic N) is 2. The predicted octanol–water partition coefficient (Wildman–Crippen LogP) is 2.31. The number of amides is 1. The fourth-order valence-corrected chi connectivity index (χ4v) is 3.00. The van der Waals surface area contributed by atoms with Crippen molar-refractivity contribution in [2.45, 2.75) is 39.8 Å². The Morgan fingerprint density at radius 3 is 2.88 bits per heavy atom. The molecule has 0 aromatic carbocycles. The highest BCUT2D eigenvalue weighted by Gasteiger charge is 2.26. The molecule has 1 atom stereocenters. The van der Waals surface area contributed by atoms with Crippen LogP contribution in [-0.2, 0) is 13.0 Å². The monoisotopic (exact) mass is 349 g/mol. The second-order valence-corrected chi connectivity index (χ2v) is 6.36. The molecule has 0 saturated carbocycles. The number of carbonyl (C=O) groups excluding carboxylic acids is 1. The van der Waals surface area contributed by atoms with Crippen LogP contribution < -0.4 is 10.6 Å². The molecular formula is C17H24ClN5O. The Hall–Kier alpha value is -1.92. The lowest BCUT2D eigenvalue weighted by molar-refractivity contribution is 0.0918. The SMILES string of the molecule is Cc1cccnc1C(NC(=O)c1n[nH]c2c1CNCC2)C(C)C.Cl. The van der Waals surface area contributed by atoms with Gasteiger partial charge < -0.3 is 10.6 Å². The van der Waals surface area contributed by atoms with Crippen molar-refractivity contribution in [2.24, 2.45) is 5.92 Å². The topological polar surface area (TPSA) is 82.7 Å². The van der Waals surface area contributed by atoms with E-state index < -0.39 is 0 Å². The second kappa shape index (κ2) is 7.77. The van der Waals surface area contributed by atoms with E-state index >= 15 is 0 Å². The highest BCUT2D eigenvalue weighted by molar-refractivity contribution is 5.94. The van der Waals surface area contributed by atoms with Gasteiger partial charge in [0.2, 0.25) is 0 Å². The van der Waals surface area contributed by atoms with E-state index in [-0.39, 0.29) is 30.3 Å². The van der Waals surface area contributed by atoms with Crippen molar-refractivity contribution in [3.8, 4) is 0 Å². The van der Waals surface area contributed by atoms with Gasteiger partial charge in [0.15, 0.2) is 5.69 Å². The van der Waals surface area contributed by atoms with E-state index in [1.165, 1.54) is 0 Å². The number of aromatic nitrogens is 3. The number of fused-ring (bicyclic) bond motifs is 1. The van der Waals surface area contributed by atoms with Crippen LogP contribution in [0.3, 0.4) is 0 Å². The van der Waals surface area contributed by atoms with Crippen molar-refractivity contribution in [3.63, 3.8) is 0 Å². The molecule has 3 rings (SSSR count). The molecule has 7 heteroatoms. The Bertz CT molecular complexity index is 713. The Labute approximate surface area is 148 Å². The summed E-state index contributed by atoms with van der Waals surface area (Å²) in [5, 5.41) is 13.6. The number of aryl methyl sites for hydroxylation is 1. The van der Waals surface area contributed by atoms with Gasteiger partial charge in [-0.05, 0) is 24.5 Å². The molecule has 1 aliphatic heterocycles. The number of aromatic amines is 1. The average Bonchev–Trinajstić information content (AvgIpc) is 2.97. The smallest absolute Gasteiger partial charge is 0.272 e. The van der Waals surface area contributed by atoms with Gasteiger partial charge in [0.25, 0.3) is 5.91 Å². The Kier molecular flexibility index (Phi) is 5.96. The molecule has 1 amide bonds. The molecule has 130 valence electrons. The number of pyridine rings is 1. The van der Waals surface area contributed by atoms with Crippen molar-refractivity contribution in [1.82, 2.24) is 25.8 Å². The molecule has 3 heterocycles. The van der Waals surface area contributed by atoms with Crippen molar-refractivity contribution in [3.05, 3.63) is 46.5 Å². The van der Waals surface area contributed by atoms with Gasteiger partial charge in [-0.25, -0.2) is 0 Å². The molecule has 0 fully saturated rings. The fourth-order valence-electron chi connectivity index (χ4n) is 3.00. The quantitative estimate of drug-likeness (QED) is 0.791. The van der Waals surface area contributed by atoms with Crippen LogP contribution in [0.15, 0.2) is 18.3 Å². The third-order valence-electron chi connectivity index (χ3n) is 4.32. The van der Waals surface area contributed by atoms with E-state index in [9.17, 15) is 4.79 Å². The Morgan fingerprint density at radius 2 is 2.17 bits per heavy atom. The normalized spacial score (nSPS) is 14.7. The van der Waals surface area contributed by atoms with Crippen molar-refractivity contribution < 1.29 is 4.79 Å². The number of halogens is 1. The number of rotatable bonds is 4. The first kappa shape index (κ1) is 18.4. The summed E-state index contributed by atoms with van der Waals surface area (Å²) in [7, 11) is 0. The molecule has 24 heavy (non-hydrogen) atoms. The molecule has 1 aliphatic rings. The summed E-state index contributed by atoms with van der Waals surface area (Å²) in [6.07, 6.45) is 2.65. The third kappa shape index (κ3) is 3.60. The van der Waals surface area contributed by atoms with E-state index in [1.54, 1.807) is 6.20 Å². The van der Waals surface area contributed by atoms with E-state index in [1.807, 2.05) is 19.1 Å². The van der Waals surface area contributed by atoms with E-state index in [0.29, 0.717) is 12.2 Å². The molecule has 0 radical (unpaired) electrons. The van der Waals surface area contributed by atoms with Gasteiger partial charge in [-0.3, -0.25) is 14.9 Å². The second-order valence-electron chi connectivity index (χ2n) is 6.36. The molecule has 6 nitrogen and oxygen atoms in total. The van der Waals surface area contributed by atoms with Gasteiger partial charge in [-0.15, -0.1) is 12.4 Å². The highest BCUT2D eigenvalue weighted by Crippen LogP contribution is 2.24. The minimum Gasteiger partial charge on any atom is -0.342 e. The lowest BCUT2D eigenvalue weighted by Gasteiger charge is -2.23. The van der Waals surface area contributed by atoms with E-state index in [0.717, 1.165) is 35.5 Å². The first-order valence-electron chi connectivity index (χ1n) is 8.07. The number of carbonyl (C=O) groups is 1. The molecule has 0 saturated heterocycles. The molecule has 3 N–H and O–H groups in total. The standard InChI is InChI=1S/C17H23N5O.ClH/c1-10(2)14(15-11(3)5-4-7-19-15)20-17(23)16-12-9-18-8-6-13(12)21-22-16;/h4-5,7,10,14,18H,6,8-9H2,1-3H3,(H,20,23)(H,21,22);1H. The molecule has 2 aromatic heterocycles. The summed E-state index contributed by atoms with van der Waals surface area (Å²) in [5.74, 6) is 0.0930. The van der Waals surface area contributed by atoms with Crippen LogP contribution >= 0.6 is 12.4 Å². The summed E-state index contributed by atoms with van der Waals surface area (Å²) in [6, 6.07) is 3.80. The fraction of sp³-hybridized carbons (Fsp3) is 0.471. The van der Waals surface area contributed by atoms with Crippen LogP contribution in [0.2, 0.25) is 0 Å². The van der Waals surface area contributed by atoms with Crippen LogP contribution in [-0.4, -0.2) is 27.6 Å². The zero-order valence-corrected chi connectivity index (χ0v) is 15.0. The van der Waals surface area contributed by atoms with Crippen LogP contribution in [0.1, 0.15) is 52.9 Å². The van der Waals surface area contributed by atoms with Crippen LogP contribution in [0.25, 0.3) is 0 Å². The number of hydrogen-bond donors (Lipinski definition) is 3. The maximum Gasteiger partial charge on any atom is 0.272 e. The van der Waals surface area contributed by atoms with Gasteiger partial charge >= 0.3 is 0 Å². The summed E-state index contributed by atoms with van der Waals surface area (Å²) in [4.78, 5) is 17.2. The van der Waals surface area contributed by atoms with Crippen molar-refractivity contribution in [1.29, 1.82) is 0 Å². The maximum absolute atomic E-state index is 12.7. The number of nitrogens with one attached hydrogen (secondary N) is 3. The molecular weight excluding hydrogens is 326 g/mol. The van der Waals surface area contributed by atoms with Crippen LogP contribution in [0.4, 0.5) is 0 Å². The molecule has 0 aliphatic carbocycles. The summed E-state index contributed by atoms with van der Waals surface area (Å²) in [5.41, 5.74) is 4.53. The molecule has 1 unspecified atom stereocenters. The van der Waals surface area contributed by atoms with Crippen molar-refractivity contribution in [2.75, 3.05) is 6.54 Å². The van der Waals surface area contributed by atoms with Gasteiger partial charge in [0.1, 0.15) is 0 Å². The van der Waals surface area contributed by atoms with Gasteiger partial charge in [0.05, 0.1) is 11.7 Å². The lowest BCUT2D eigenvalue weighted by atomic mass is 9.97. The molecule has 2 aromatic rings. The zero-order valence-electron chi connectivity index (χ0n) is 14.2. The van der Waals surface area contributed by atoms with Gasteiger partial charge in [0, 0.05) is 37.0 Å². The predicted molar refractivity (Wildman–Crippen MR) is 95.3 cm³/mol.